The minimum absolute atomic E-state index is 0. The summed E-state index contributed by atoms with van der Waals surface area (Å²) in [4.78, 5) is 11.6. The number of hydrogen-bond acceptors (Lipinski definition) is 2. The van der Waals surface area contributed by atoms with Crippen molar-refractivity contribution in [1.29, 1.82) is 0 Å². The molecular weight excluding hydrogens is 236 g/mol. The van der Waals surface area contributed by atoms with Crippen LogP contribution >= 0.6 is 12.4 Å². The summed E-state index contributed by atoms with van der Waals surface area (Å²) >= 11 is 0. The van der Waals surface area contributed by atoms with E-state index in [4.69, 9.17) is 5.73 Å². The van der Waals surface area contributed by atoms with Gasteiger partial charge in [0.25, 0.3) is 0 Å². The van der Waals surface area contributed by atoms with Crippen molar-refractivity contribution in [3.05, 3.63) is 29.8 Å². The number of nitrogens with one attached hydrogen (secondary N) is 1. The molecule has 1 atom stereocenters. The summed E-state index contributed by atoms with van der Waals surface area (Å²) in [7, 11) is 0. The summed E-state index contributed by atoms with van der Waals surface area (Å²) in [5, 5.41) is 2.87. The average Bonchev–Trinajstić information content (AvgIpc) is 2.28. The van der Waals surface area contributed by atoms with Gasteiger partial charge in [0.05, 0.1) is 0 Å². The molecule has 0 aliphatic rings. The van der Waals surface area contributed by atoms with E-state index in [0.29, 0.717) is 12.5 Å². The van der Waals surface area contributed by atoms with Gasteiger partial charge >= 0.3 is 0 Å². The molecule has 0 spiro atoms. The van der Waals surface area contributed by atoms with Crippen LogP contribution in [0.2, 0.25) is 0 Å². The van der Waals surface area contributed by atoms with Crippen LogP contribution in [0.4, 0.5) is 5.69 Å². The lowest BCUT2D eigenvalue weighted by molar-refractivity contribution is -0.119. The predicted octanol–water partition coefficient (Wildman–Crippen LogP) is 2.77. The first-order chi connectivity index (χ1) is 7.54. The molecule has 0 aliphatic carbocycles. The third-order valence-corrected chi connectivity index (χ3v) is 2.62. The highest BCUT2D eigenvalue weighted by Gasteiger charge is 2.11. The number of carbonyl (C=O) groups excluding carboxylic acids is 1. The summed E-state index contributed by atoms with van der Waals surface area (Å²) in [5.41, 5.74) is 7.51. The van der Waals surface area contributed by atoms with E-state index >= 15 is 0 Å². The summed E-state index contributed by atoms with van der Waals surface area (Å²) in [5.74, 6) is 0.287. The van der Waals surface area contributed by atoms with Crippen molar-refractivity contribution in [1.82, 2.24) is 0 Å². The van der Waals surface area contributed by atoms with Gasteiger partial charge in [-0.05, 0) is 23.6 Å². The minimum Gasteiger partial charge on any atom is -0.330 e. The molecule has 1 unspecified atom stereocenters. The van der Waals surface area contributed by atoms with Gasteiger partial charge in [-0.25, -0.2) is 0 Å². The van der Waals surface area contributed by atoms with E-state index in [9.17, 15) is 4.79 Å². The van der Waals surface area contributed by atoms with E-state index in [1.54, 1.807) is 0 Å². The smallest absolute Gasteiger partial charge is 0.228 e. The molecule has 1 amide bonds. The Kier molecular flexibility index (Phi) is 6.85. The van der Waals surface area contributed by atoms with Gasteiger partial charge in [0.1, 0.15) is 0 Å². The maximum Gasteiger partial charge on any atom is 0.228 e. The molecule has 0 saturated carbocycles. The fourth-order valence-corrected chi connectivity index (χ4v) is 1.35. The number of anilines is 1. The topological polar surface area (TPSA) is 55.1 Å². The van der Waals surface area contributed by atoms with E-state index in [-0.39, 0.29) is 24.2 Å². The largest absolute Gasteiger partial charge is 0.330 e. The quantitative estimate of drug-likeness (QED) is 0.870. The van der Waals surface area contributed by atoms with E-state index in [2.05, 4.69) is 25.2 Å². The Bertz CT molecular complexity index is 366. The lowest BCUT2D eigenvalue weighted by Gasteiger charge is -2.12. The Morgan fingerprint density at radius 2 is 2.00 bits per heavy atom. The highest BCUT2D eigenvalue weighted by molar-refractivity contribution is 5.92. The second-order valence-electron chi connectivity index (χ2n) is 4.41. The van der Waals surface area contributed by atoms with Crippen LogP contribution in [-0.2, 0) is 4.79 Å². The number of hydrogen-bond donors (Lipinski definition) is 2. The maximum atomic E-state index is 11.6. The Morgan fingerprint density at radius 3 is 2.53 bits per heavy atom. The van der Waals surface area contributed by atoms with Gasteiger partial charge in [-0.2, -0.15) is 0 Å². The summed E-state index contributed by atoms with van der Waals surface area (Å²) in [6.07, 6.45) is 0. The van der Waals surface area contributed by atoms with Crippen molar-refractivity contribution in [2.45, 2.75) is 26.7 Å². The molecule has 3 nitrogen and oxygen atoms in total. The lowest BCUT2D eigenvalue weighted by atomic mass is 10.0. The first kappa shape index (κ1) is 15.9. The molecule has 0 fully saturated rings. The molecule has 0 aliphatic heterocycles. The molecule has 1 aromatic carbocycles. The fraction of sp³-hybridized carbons (Fsp3) is 0.462. The average molecular weight is 257 g/mol. The zero-order valence-electron chi connectivity index (χ0n) is 10.6. The van der Waals surface area contributed by atoms with Crippen molar-refractivity contribution in [3.8, 4) is 0 Å². The van der Waals surface area contributed by atoms with Crippen LogP contribution < -0.4 is 11.1 Å². The van der Waals surface area contributed by atoms with E-state index in [0.717, 1.165) is 5.69 Å². The number of rotatable bonds is 4. The molecule has 4 heteroatoms. The van der Waals surface area contributed by atoms with E-state index in [1.165, 1.54) is 5.56 Å². The summed E-state index contributed by atoms with van der Waals surface area (Å²) < 4.78 is 0. The molecule has 1 aromatic rings. The highest BCUT2D eigenvalue weighted by Crippen LogP contribution is 2.18. The third kappa shape index (κ3) is 4.75. The third-order valence-electron chi connectivity index (χ3n) is 2.62. The van der Waals surface area contributed by atoms with Crippen LogP contribution in [0, 0.1) is 5.92 Å². The van der Waals surface area contributed by atoms with Crippen LogP contribution in [-0.4, -0.2) is 12.5 Å². The first-order valence-electron chi connectivity index (χ1n) is 5.65. The van der Waals surface area contributed by atoms with Crippen LogP contribution in [0.5, 0.6) is 0 Å². The Labute approximate surface area is 109 Å². The van der Waals surface area contributed by atoms with Gasteiger partial charge in [-0.3, -0.25) is 4.79 Å². The van der Waals surface area contributed by atoms with E-state index in [1.807, 2.05) is 25.1 Å². The van der Waals surface area contributed by atoms with Crippen molar-refractivity contribution in [2.24, 2.45) is 11.7 Å². The first-order valence-corrected chi connectivity index (χ1v) is 5.65. The Morgan fingerprint density at radius 1 is 1.35 bits per heavy atom. The number of carbonyl (C=O) groups is 1. The highest BCUT2D eigenvalue weighted by atomic mass is 35.5. The van der Waals surface area contributed by atoms with Gasteiger partial charge in [0, 0.05) is 18.2 Å². The lowest BCUT2D eigenvalue weighted by Crippen LogP contribution is -2.26. The zero-order valence-corrected chi connectivity index (χ0v) is 11.4. The molecule has 17 heavy (non-hydrogen) atoms. The monoisotopic (exact) mass is 256 g/mol. The predicted molar refractivity (Wildman–Crippen MR) is 74.6 cm³/mol. The van der Waals surface area contributed by atoms with Crippen LogP contribution in [0.1, 0.15) is 32.3 Å². The summed E-state index contributed by atoms with van der Waals surface area (Å²) in [6, 6.07) is 7.92. The molecular formula is C13H21ClN2O. The van der Waals surface area contributed by atoms with Crippen molar-refractivity contribution in [3.63, 3.8) is 0 Å². The maximum absolute atomic E-state index is 11.6. The molecule has 96 valence electrons. The normalized spacial score (nSPS) is 11.8. The Balaban J connectivity index is 0.00000256. The van der Waals surface area contributed by atoms with Gasteiger partial charge in [-0.15, -0.1) is 12.4 Å². The zero-order chi connectivity index (χ0) is 12.1. The molecule has 0 radical (unpaired) electrons. The van der Waals surface area contributed by atoms with E-state index < -0.39 is 0 Å². The fourth-order valence-electron chi connectivity index (χ4n) is 1.35. The number of halogens is 1. The minimum atomic E-state index is -0.150. The van der Waals surface area contributed by atoms with Gasteiger partial charge in [0.15, 0.2) is 0 Å². The van der Waals surface area contributed by atoms with Crippen molar-refractivity contribution in [2.75, 3.05) is 11.9 Å². The van der Waals surface area contributed by atoms with Gasteiger partial charge in [0.2, 0.25) is 5.91 Å². The number of benzene rings is 1. The van der Waals surface area contributed by atoms with Crippen LogP contribution in [0.3, 0.4) is 0 Å². The molecule has 0 aromatic heterocycles. The molecule has 3 N–H and O–H groups in total. The standard InChI is InChI=1S/C13H20N2O.ClH/c1-9(2)11-5-4-6-12(7-11)15-13(16)10(3)8-14;/h4-7,9-10H,8,14H2,1-3H3,(H,15,16);1H. The second-order valence-corrected chi connectivity index (χ2v) is 4.41. The summed E-state index contributed by atoms with van der Waals surface area (Å²) in [6.45, 7) is 6.45. The van der Waals surface area contributed by atoms with Gasteiger partial charge in [-0.1, -0.05) is 32.9 Å². The van der Waals surface area contributed by atoms with Gasteiger partial charge < -0.3 is 11.1 Å². The van der Waals surface area contributed by atoms with Crippen LogP contribution in [0.25, 0.3) is 0 Å². The SMILES string of the molecule is CC(CN)C(=O)Nc1cccc(C(C)C)c1.Cl. The second kappa shape index (κ2) is 7.30. The van der Waals surface area contributed by atoms with Crippen molar-refractivity contribution < 1.29 is 4.79 Å². The molecule has 1 rings (SSSR count). The molecule has 0 bridgehead atoms. The Hall–Kier alpha value is -1.06. The molecule has 0 saturated heterocycles. The molecule has 0 heterocycles. The number of nitrogens with two attached hydrogens (primary N) is 1. The number of amides is 1. The van der Waals surface area contributed by atoms with Crippen molar-refractivity contribution >= 4 is 24.0 Å². The van der Waals surface area contributed by atoms with Crippen LogP contribution in [0.15, 0.2) is 24.3 Å².